The van der Waals surface area contributed by atoms with Gasteiger partial charge in [0.05, 0.1) is 0 Å². The van der Waals surface area contributed by atoms with Crippen molar-refractivity contribution >= 4 is 28.6 Å². The number of carbonyl (C=O) groups excluding carboxylic acids is 1. The summed E-state index contributed by atoms with van der Waals surface area (Å²) in [4.78, 5) is 11.5. The summed E-state index contributed by atoms with van der Waals surface area (Å²) in [5, 5.41) is 10.8. The van der Waals surface area contributed by atoms with E-state index >= 15 is 0 Å². The molecule has 0 spiro atoms. The Balaban J connectivity index is 1.77. The molecule has 0 radical (unpaired) electrons. The smallest absolute Gasteiger partial charge is 0.252 e. The van der Waals surface area contributed by atoms with E-state index in [0.29, 0.717) is 6.54 Å². The summed E-state index contributed by atoms with van der Waals surface area (Å²) in [5.74, 6) is 0.0199. The largest absolute Gasteiger partial charge is 0.352 e. The van der Waals surface area contributed by atoms with Crippen molar-refractivity contribution in [3.63, 3.8) is 0 Å². The molecule has 1 N–H and O–H groups in total. The Morgan fingerprint density at radius 1 is 1.20 bits per heavy atom. The molecule has 4 heteroatoms. The van der Waals surface area contributed by atoms with Gasteiger partial charge in [-0.3, -0.25) is 4.79 Å². The molecule has 2 aromatic heterocycles. The standard InChI is InChI=1S/C11H11NOS2/c13-11(10-3-6-15-8-10)12-4-1-9-2-5-14-7-9/h2-3,5-8H,1,4H2,(H,12,13). The molecule has 2 nitrogen and oxygen atoms in total. The van der Waals surface area contributed by atoms with Crippen molar-refractivity contribution in [2.24, 2.45) is 0 Å². The van der Waals surface area contributed by atoms with Gasteiger partial charge in [0.25, 0.3) is 5.91 Å². The minimum absolute atomic E-state index is 0.0199. The highest BCUT2D eigenvalue weighted by atomic mass is 32.1. The van der Waals surface area contributed by atoms with Crippen LogP contribution in [0, 0.1) is 0 Å². The van der Waals surface area contributed by atoms with E-state index < -0.39 is 0 Å². The van der Waals surface area contributed by atoms with Gasteiger partial charge in [-0.2, -0.15) is 22.7 Å². The van der Waals surface area contributed by atoms with Crippen molar-refractivity contribution in [3.05, 3.63) is 44.8 Å². The fourth-order valence-electron chi connectivity index (χ4n) is 1.25. The summed E-state index contributed by atoms with van der Waals surface area (Å²) < 4.78 is 0. The van der Waals surface area contributed by atoms with Gasteiger partial charge < -0.3 is 5.32 Å². The van der Waals surface area contributed by atoms with Crippen LogP contribution < -0.4 is 5.32 Å². The van der Waals surface area contributed by atoms with E-state index in [1.807, 2.05) is 16.8 Å². The zero-order chi connectivity index (χ0) is 10.5. The molecule has 2 aromatic rings. The molecule has 0 aromatic carbocycles. The Morgan fingerprint density at radius 3 is 2.67 bits per heavy atom. The van der Waals surface area contributed by atoms with Gasteiger partial charge in [-0.25, -0.2) is 0 Å². The maximum Gasteiger partial charge on any atom is 0.252 e. The first-order chi connectivity index (χ1) is 7.36. The molecule has 15 heavy (non-hydrogen) atoms. The van der Waals surface area contributed by atoms with Crippen LogP contribution in [-0.2, 0) is 6.42 Å². The number of nitrogens with one attached hydrogen (secondary N) is 1. The highest BCUT2D eigenvalue weighted by molar-refractivity contribution is 7.08. The molecular weight excluding hydrogens is 226 g/mol. The molecule has 2 heterocycles. The second-order valence-electron chi connectivity index (χ2n) is 3.15. The molecule has 0 unspecified atom stereocenters. The summed E-state index contributed by atoms with van der Waals surface area (Å²) in [6.07, 6.45) is 0.902. The highest BCUT2D eigenvalue weighted by Crippen LogP contribution is 2.07. The summed E-state index contributed by atoms with van der Waals surface area (Å²) >= 11 is 3.23. The lowest BCUT2D eigenvalue weighted by Gasteiger charge is -2.01. The Hall–Kier alpha value is -1.13. The fraction of sp³-hybridized carbons (Fsp3) is 0.182. The summed E-state index contributed by atoms with van der Waals surface area (Å²) in [6.45, 7) is 0.700. The Labute approximate surface area is 96.6 Å². The minimum Gasteiger partial charge on any atom is -0.352 e. The van der Waals surface area contributed by atoms with Gasteiger partial charge >= 0.3 is 0 Å². The average Bonchev–Trinajstić information content (AvgIpc) is 2.90. The van der Waals surface area contributed by atoms with E-state index in [-0.39, 0.29) is 5.91 Å². The van der Waals surface area contributed by atoms with Crippen LogP contribution in [0.2, 0.25) is 0 Å². The topological polar surface area (TPSA) is 29.1 Å². The molecule has 0 saturated heterocycles. The summed E-state index contributed by atoms with van der Waals surface area (Å²) in [7, 11) is 0. The van der Waals surface area contributed by atoms with Crippen LogP contribution in [0.3, 0.4) is 0 Å². The predicted octanol–water partition coefficient (Wildman–Crippen LogP) is 2.78. The lowest BCUT2D eigenvalue weighted by molar-refractivity contribution is 0.0954. The molecule has 0 aliphatic carbocycles. The van der Waals surface area contributed by atoms with Gasteiger partial charge in [0.2, 0.25) is 0 Å². The maximum absolute atomic E-state index is 11.5. The van der Waals surface area contributed by atoms with Crippen molar-refractivity contribution in [2.45, 2.75) is 6.42 Å². The maximum atomic E-state index is 11.5. The van der Waals surface area contributed by atoms with Crippen molar-refractivity contribution < 1.29 is 4.79 Å². The van der Waals surface area contributed by atoms with Crippen molar-refractivity contribution in [3.8, 4) is 0 Å². The Bertz CT molecular complexity index is 406. The lowest BCUT2D eigenvalue weighted by atomic mass is 10.2. The summed E-state index contributed by atoms with van der Waals surface area (Å²) in [5.41, 5.74) is 2.04. The quantitative estimate of drug-likeness (QED) is 0.870. The van der Waals surface area contributed by atoms with E-state index in [1.54, 1.807) is 11.3 Å². The molecule has 1 amide bonds. The Morgan fingerprint density at radius 2 is 2.00 bits per heavy atom. The third-order valence-electron chi connectivity index (χ3n) is 2.06. The van der Waals surface area contributed by atoms with Gasteiger partial charge in [-0.1, -0.05) is 0 Å². The van der Waals surface area contributed by atoms with Gasteiger partial charge in [0.15, 0.2) is 0 Å². The van der Waals surface area contributed by atoms with E-state index in [0.717, 1.165) is 12.0 Å². The van der Waals surface area contributed by atoms with Crippen LogP contribution in [-0.4, -0.2) is 12.5 Å². The first-order valence-electron chi connectivity index (χ1n) is 4.68. The number of carbonyl (C=O) groups is 1. The molecule has 0 aliphatic heterocycles. The molecule has 0 saturated carbocycles. The van der Waals surface area contributed by atoms with Crippen LogP contribution in [0.15, 0.2) is 33.7 Å². The molecule has 78 valence electrons. The van der Waals surface area contributed by atoms with E-state index in [4.69, 9.17) is 0 Å². The first-order valence-corrected chi connectivity index (χ1v) is 6.56. The molecular formula is C11H11NOS2. The van der Waals surface area contributed by atoms with Crippen molar-refractivity contribution in [2.75, 3.05) is 6.54 Å². The molecule has 0 aliphatic rings. The van der Waals surface area contributed by atoms with Crippen molar-refractivity contribution in [1.29, 1.82) is 0 Å². The van der Waals surface area contributed by atoms with E-state index in [1.165, 1.54) is 16.9 Å². The van der Waals surface area contributed by atoms with Gasteiger partial charge in [-0.05, 0) is 40.3 Å². The highest BCUT2D eigenvalue weighted by Gasteiger charge is 2.04. The van der Waals surface area contributed by atoms with Crippen LogP contribution >= 0.6 is 22.7 Å². The van der Waals surface area contributed by atoms with E-state index in [9.17, 15) is 4.79 Å². The molecule has 0 fully saturated rings. The zero-order valence-electron chi connectivity index (χ0n) is 8.10. The second kappa shape index (κ2) is 5.09. The Kier molecular flexibility index (Phi) is 3.53. The molecule has 0 bridgehead atoms. The monoisotopic (exact) mass is 237 g/mol. The number of hydrogen-bond acceptors (Lipinski definition) is 3. The van der Waals surface area contributed by atoms with Gasteiger partial charge in [0, 0.05) is 17.5 Å². The zero-order valence-corrected chi connectivity index (χ0v) is 9.74. The molecule has 0 atom stereocenters. The predicted molar refractivity (Wildman–Crippen MR) is 64.7 cm³/mol. The van der Waals surface area contributed by atoms with Gasteiger partial charge in [0.1, 0.15) is 0 Å². The van der Waals surface area contributed by atoms with Crippen LogP contribution in [0.1, 0.15) is 15.9 Å². The van der Waals surface area contributed by atoms with Crippen LogP contribution in [0.5, 0.6) is 0 Å². The number of hydrogen-bond donors (Lipinski definition) is 1. The van der Waals surface area contributed by atoms with Gasteiger partial charge in [-0.15, -0.1) is 0 Å². The minimum atomic E-state index is 0.0199. The lowest BCUT2D eigenvalue weighted by Crippen LogP contribution is -2.25. The third kappa shape index (κ3) is 2.91. The first kappa shape index (κ1) is 10.4. The summed E-state index contributed by atoms with van der Waals surface area (Å²) in [6, 6.07) is 3.92. The number of rotatable bonds is 4. The molecule has 2 rings (SSSR count). The SMILES string of the molecule is O=C(NCCc1ccsc1)c1ccsc1. The van der Waals surface area contributed by atoms with E-state index in [2.05, 4.69) is 22.1 Å². The fourth-order valence-corrected chi connectivity index (χ4v) is 2.59. The normalized spacial score (nSPS) is 10.1. The third-order valence-corrected chi connectivity index (χ3v) is 3.48. The average molecular weight is 237 g/mol. The second-order valence-corrected chi connectivity index (χ2v) is 4.71. The van der Waals surface area contributed by atoms with Crippen molar-refractivity contribution in [1.82, 2.24) is 5.32 Å². The van der Waals surface area contributed by atoms with Crippen LogP contribution in [0.25, 0.3) is 0 Å². The number of thiophene rings is 2. The van der Waals surface area contributed by atoms with Crippen LogP contribution in [0.4, 0.5) is 0 Å². The number of amides is 1.